The Labute approximate surface area is 212 Å². The normalized spacial score (nSPS) is 13.7. The van der Waals surface area contributed by atoms with Crippen molar-refractivity contribution in [3.8, 4) is 5.75 Å². The van der Waals surface area contributed by atoms with Gasteiger partial charge >= 0.3 is 18.0 Å². The Bertz CT molecular complexity index is 1100. The van der Waals surface area contributed by atoms with Crippen LogP contribution in [0.2, 0.25) is 15.1 Å². The summed E-state index contributed by atoms with van der Waals surface area (Å²) in [6, 6.07) is 2.50. The van der Waals surface area contributed by atoms with Crippen LogP contribution in [0.5, 0.6) is 5.75 Å². The molecular formula is C22H26Cl3N3O6. The van der Waals surface area contributed by atoms with E-state index in [4.69, 9.17) is 54.7 Å². The molecule has 1 atom stereocenters. The summed E-state index contributed by atoms with van der Waals surface area (Å²) in [7, 11) is 0. The minimum absolute atomic E-state index is 0.0245. The molecule has 0 spiro atoms. The summed E-state index contributed by atoms with van der Waals surface area (Å²) >= 11 is 18.0. The first-order valence-electron chi connectivity index (χ1n) is 10.1. The Morgan fingerprint density at radius 3 is 2.03 bits per heavy atom. The SMILES string of the molecule is CC(C)(C)OC(=O)n1cnc(C[C@](N)(C(=O)Oc2cc(Cl)c(Cl)cc2Cl)C(=O)OC(C)(C)C)c1. The Morgan fingerprint density at radius 2 is 1.47 bits per heavy atom. The van der Waals surface area contributed by atoms with Crippen molar-refractivity contribution in [3.05, 3.63) is 45.4 Å². The molecule has 1 aromatic carbocycles. The first-order chi connectivity index (χ1) is 15.4. The summed E-state index contributed by atoms with van der Waals surface area (Å²) in [5, 5.41) is 0.193. The number of hydrogen-bond donors (Lipinski definition) is 1. The highest BCUT2D eigenvalue weighted by molar-refractivity contribution is 6.43. The fourth-order valence-corrected chi connectivity index (χ4v) is 3.10. The number of rotatable bonds is 5. The molecule has 1 heterocycles. The molecule has 34 heavy (non-hydrogen) atoms. The maximum absolute atomic E-state index is 13.1. The first-order valence-corrected chi connectivity index (χ1v) is 11.2. The van der Waals surface area contributed by atoms with Crippen molar-refractivity contribution in [1.29, 1.82) is 0 Å². The lowest BCUT2D eigenvalue weighted by atomic mass is 9.94. The number of benzene rings is 1. The second-order valence-corrected chi connectivity index (χ2v) is 10.7. The average Bonchev–Trinajstić information content (AvgIpc) is 3.11. The molecule has 0 unspecified atom stereocenters. The molecule has 0 bridgehead atoms. The molecule has 2 rings (SSSR count). The maximum atomic E-state index is 13.1. The van der Waals surface area contributed by atoms with E-state index in [9.17, 15) is 14.4 Å². The largest absolute Gasteiger partial charge is 0.458 e. The van der Waals surface area contributed by atoms with Crippen molar-refractivity contribution in [2.45, 2.75) is 64.7 Å². The van der Waals surface area contributed by atoms with Crippen LogP contribution in [0, 0.1) is 0 Å². The number of carbonyl (C=O) groups is 3. The van der Waals surface area contributed by atoms with Gasteiger partial charge in [-0.1, -0.05) is 34.8 Å². The van der Waals surface area contributed by atoms with Gasteiger partial charge in [-0.3, -0.25) is 0 Å². The van der Waals surface area contributed by atoms with Crippen LogP contribution in [0.4, 0.5) is 4.79 Å². The minimum Gasteiger partial charge on any atom is -0.458 e. The summed E-state index contributed by atoms with van der Waals surface area (Å²) in [5.74, 6) is -2.39. The molecular weight excluding hydrogens is 509 g/mol. The van der Waals surface area contributed by atoms with Gasteiger partial charge in [-0.15, -0.1) is 0 Å². The molecule has 0 radical (unpaired) electrons. The molecule has 0 saturated heterocycles. The van der Waals surface area contributed by atoms with Crippen molar-refractivity contribution in [2.75, 3.05) is 0 Å². The van der Waals surface area contributed by atoms with Crippen LogP contribution in [-0.4, -0.2) is 44.3 Å². The van der Waals surface area contributed by atoms with E-state index < -0.39 is 41.2 Å². The molecule has 0 amide bonds. The first kappa shape index (κ1) is 27.9. The lowest BCUT2D eigenvalue weighted by molar-refractivity contribution is -0.168. The fraction of sp³-hybridized carbons (Fsp3) is 0.455. The summed E-state index contributed by atoms with van der Waals surface area (Å²) in [4.78, 5) is 42.5. The van der Waals surface area contributed by atoms with Crippen LogP contribution < -0.4 is 10.5 Å². The standard InChI is InChI=1S/C22H26Cl3N3O6/c1-20(2,3)33-18(30)22(26,17(29)32-16-8-14(24)13(23)7-15(16)25)9-12-10-28(11-27-12)19(31)34-21(4,5)6/h7-8,10-11H,9,26H2,1-6H3/t22-/m0/s1. The number of esters is 2. The van der Waals surface area contributed by atoms with E-state index >= 15 is 0 Å². The number of aromatic nitrogens is 2. The Balaban J connectivity index is 2.38. The van der Waals surface area contributed by atoms with E-state index in [1.54, 1.807) is 41.5 Å². The van der Waals surface area contributed by atoms with Gasteiger partial charge in [0.25, 0.3) is 0 Å². The number of nitrogens with zero attached hydrogens (tertiary/aromatic N) is 2. The zero-order valence-electron chi connectivity index (χ0n) is 19.6. The smallest absolute Gasteiger partial charge is 0.419 e. The van der Waals surface area contributed by atoms with Crippen LogP contribution in [0.1, 0.15) is 47.2 Å². The Kier molecular flexibility index (Phi) is 8.30. The predicted octanol–water partition coefficient (Wildman–Crippen LogP) is 4.81. The quantitative estimate of drug-likeness (QED) is 0.251. The van der Waals surface area contributed by atoms with Crippen LogP contribution in [0.3, 0.4) is 0 Å². The highest BCUT2D eigenvalue weighted by Crippen LogP contribution is 2.34. The van der Waals surface area contributed by atoms with E-state index in [-0.39, 0.29) is 26.5 Å². The fourth-order valence-electron chi connectivity index (χ4n) is 2.53. The second kappa shape index (κ2) is 10.1. The van der Waals surface area contributed by atoms with Gasteiger partial charge < -0.3 is 19.9 Å². The number of halogens is 3. The van der Waals surface area contributed by atoms with Crippen molar-refractivity contribution >= 4 is 52.8 Å². The van der Waals surface area contributed by atoms with E-state index in [2.05, 4.69) is 4.98 Å². The van der Waals surface area contributed by atoms with Crippen molar-refractivity contribution < 1.29 is 28.6 Å². The van der Waals surface area contributed by atoms with E-state index in [0.29, 0.717) is 0 Å². The Hall–Kier alpha value is -2.33. The number of ether oxygens (including phenoxy) is 3. The third-order valence-electron chi connectivity index (χ3n) is 4.01. The van der Waals surface area contributed by atoms with Gasteiger partial charge in [-0.05, 0) is 47.6 Å². The molecule has 2 N–H and O–H groups in total. The van der Waals surface area contributed by atoms with Crippen LogP contribution in [0.15, 0.2) is 24.7 Å². The molecule has 0 aliphatic heterocycles. The molecule has 0 aliphatic rings. The zero-order chi connectivity index (χ0) is 26.1. The number of nitrogens with two attached hydrogens (primary N) is 1. The van der Waals surface area contributed by atoms with Gasteiger partial charge in [0.15, 0.2) is 5.75 Å². The topological polar surface area (TPSA) is 123 Å². The maximum Gasteiger partial charge on any atom is 0.419 e. The third kappa shape index (κ3) is 7.33. The lowest BCUT2D eigenvalue weighted by Gasteiger charge is -2.29. The Morgan fingerprint density at radius 1 is 0.912 bits per heavy atom. The summed E-state index contributed by atoms with van der Waals surface area (Å²) in [6.45, 7) is 9.97. The van der Waals surface area contributed by atoms with E-state index in [1.807, 2.05) is 0 Å². The molecule has 9 nitrogen and oxygen atoms in total. The van der Waals surface area contributed by atoms with Crippen LogP contribution >= 0.6 is 34.8 Å². The van der Waals surface area contributed by atoms with Gasteiger partial charge in [-0.2, -0.15) is 0 Å². The van der Waals surface area contributed by atoms with Gasteiger partial charge in [0.05, 0.1) is 20.8 Å². The summed E-state index contributed by atoms with van der Waals surface area (Å²) in [6.07, 6.45) is 1.32. The van der Waals surface area contributed by atoms with Crippen molar-refractivity contribution in [1.82, 2.24) is 9.55 Å². The van der Waals surface area contributed by atoms with Crippen LogP contribution in [-0.2, 0) is 25.5 Å². The zero-order valence-corrected chi connectivity index (χ0v) is 21.8. The minimum atomic E-state index is -2.34. The highest BCUT2D eigenvalue weighted by Gasteiger charge is 2.48. The number of hydrogen-bond acceptors (Lipinski definition) is 8. The molecule has 12 heteroatoms. The van der Waals surface area contributed by atoms with E-state index in [0.717, 1.165) is 4.57 Å². The lowest BCUT2D eigenvalue weighted by Crippen LogP contribution is -2.60. The third-order valence-corrected chi connectivity index (χ3v) is 5.02. The number of imidazole rings is 1. The van der Waals surface area contributed by atoms with Gasteiger partial charge in [0.1, 0.15) is 17.5 Å². The monoisotopic (exact) mass is 533 g/mol. The van der Waals surface area contributed by atoms with Gasteiger partial charge in [0, 0.05) is 18.7 Å². The highest BCUT2D eigenvalue weighted by atomic mass is 35.5. The average molecular weight is 535 g/mol. The molecule has 0 saturated carbocycles. The summed E-state index contributed by atoms with van der Waals surface area (Å²) < 4.78 is 17.0. The molecule has 186 valence electrons. The second-order valence-electron chi connectivity index (χ2n) is 9.49. The van der Waals surface area contributed by atoms with Crippen molar-refractivity contribution in [3.63, 3.8) is 0 Å². The molecule has 2 aromatic rings. The molecule has 0 aliphatic carbocycles. The number of carbonyl (C=O) groups excluding carboxylic acids is 3. The van der Waals surface area contributed by atoms with Crippen LogP contribution in [0.25, 0.3) is 0 Å². The van der Waals surface area contributed by atoms with Crippen molar-refractivity contribution in [2.24, 2.45) is 5.73 Å². The van der Waals surface area contributed by atoms with Gasteiger partial charge in [-0.25, -0.2) is 23.9 Å². The van der Waals surface area contributed by atoms with Gasteiger partial charge in [0.2, 0.25) is 5.54 Å². The van der Waals surface area contributed by atoms with E-state index in [1.165, 1.54) is 24.7 Å². The molecule has 0 fully saturated rings. The summed E-state index contributed by atoms with van der Waals surface area (Å²) in [5.41, 5.74) is 2.36. The molecule has 1 aromatic heterocycles. The predicted molar refractivity (Wildman–Crippen MR) is 127 cm³/mol.